The van der Waals surface area contributed by atoms with Crippen LogP contribution in [0, 0.1) is 15.9 Å². The number of carbonyl (C=O) groups is 1. The molecule has 0 aliphatic carbocycles. The molecule has 1 aromatic rings. The van der Waals surface area contributed by atoms with Crippen LogP contribution in [0.4, 0.5) is 10.1 Å². The highest BCUT2D eigenvalue weighted by Crippen LogP contribution is 2.20. The van der Waals surface area contributed by atoms with Gasteiger partial charge in [-0.25, -0.2) is 4.39 Å². The minimum absolute atomic E-state index is 0.0944. The molecule has 1 N–H and O–H groups in total. The molecular weight excluding hydrogens is 243 g/mol. The molecule has 1 aromatic carbocycles. The van der Waals surface area contributed by atoms with Crippen molar-refractivity contribution < 1.29 is 19.2 Å². The third kappa shape index (κ3) is 3.24. The first kappa shape index (κ1) is 14.0. The highest BCUT2D eigenvalue weighted by molar-refractivity contribution is 5.98. The summed E-state index contributed by atoms with van der Waals surface area (Å²) in [5.41, 5.74) is -0.724. The number of aliphatic hydroxyl groups is 1. The summed E-state index contributed by atoms with van der Waals surface area (Å²) in [6.45, 7) is 0.145. The van der Waals surface area contributed by atoms with Gasteiger partial charge in [0.25, 0.3) is 11.6 Å². The standard InChI is InChI=1S/C11H13FN2O4/c1-13(5-2-6-15)11(16)9-7-8(12)3-4-10(9)14(17)18/h3-4,7,15H,2,5-6H2,1H3. The first-order valence-corrected chi connectivity index (χ1v) is 5.27. The van der Waals surface area contributed by atoms with E-state index in [1.165, 1.54) is 11.9 Å². The van der Waals surface area contributed by atoms with E-state index < -0.39 is 22.3 Å². The van der Waals surface area contributed by atoms with E-state index in [0.717, 1.165) is 18.2 Å². The number of benzene rings is 1. The summed E-state index contributed by atoms with van der Waals surface area (Å²) in [5, 5.41) is 19.4. The molecule has 0 heterocycles. The van der Waals surface area contributed by atoms with E-state index in [-0.39, 0.29) is 18.7 Å². The van der Waals surface area contributed by atoms with Gasteiger partial charge in [0.15, 0.2) is 0 Å². The number of hydrogen-bond acceptors (Lipinski definition) is 4. The smallest absolute Gasteiger partial charge is 0.282 e. The van der Waals surface area contributed by atoms with E-state index in [1.54, 1.807) is 0 Å². The maximum Gasteiger partial charge on any atom is 0.282 e. The minimum Gasteiger partial charge on any atom is -0.396 e. The molecule has 18 heavy (non-hydrogen) atoms. The maximum absolute atomic E-state index is 13.1. The number of hydrogen-bond donors (Lipinski definition) is 1. The lowest BCUT2D eigenvalue weighted by molar-refractivity contribution is -0.385. The molecule has 0 aliphatic rings. The van der Waals surface area contributed by atoms with E-state index in [1.807, 2.05) is 0 Å². The van der Waals surface area contributed by atoms with Crippen LogP contribution < -0.4 is 0 Å². The predicted molar refractivity (Wildman–Crippen MR) is 61.7 cm³/mol. The molecule has 0 fully saturated rings. The Morgan fingerprint density at radius 1 is 1.56 bits per heavy atom. The first-order chi connectivity index (χ1) is 8.47. The molecule has 1 amide bonds. The summed E-state index contributed by atoms with van der Waals surface area (Å²) >= 11 is 0. The van der Waals surface area contributed by atoms with Gasteiger partial charge in [-0.1, -0.05) is 0 Å². The molecule has 0 saturated carbocycles. The highest BCUT2D eigenvalue weighted by Gasteiger charge is 2.23. The average molecular weight is 256 g/mol. The SMILES string of the molecule is CN(CCCO)C(=O)c1cc(F)ccc1[N+](=O)[O-]. The van der Waals surface area contributed by atoms with E-state index >= 15 is 0 Å². The molecule has 0 bridgehead atoms. The van der Waals surface area contributed by atoms with Gasteiger partial charge in [-0.2, -0.15) is 0 Å². The van der Waals surface area contributed by atoms with Gasteiger partial charge in [-0.05, 0) is 18.6 Å². The Kier molecular flexibility index (Phi) is 4.73. The molecule has 7 heteroatoms. The zero-order chi connectivity index (χ0) is 13.7. The van der Waals surface area contributed by atoms with Crippen LogP contribution in [0.15, 0.2) is 18.2 Å². The van der Waals surface area contributed by atoms with Crippen LogP contribution in [0.1, 0.15) is 16.8 Å². The summed E-state index contributed by atoms with van der Waals surface area (Å²) in [6.07, 6.45) is 0.353. The molecule has 0 aromatic heterocycles. The Hall–Kier alpha value is -2.02. The summed E-state index contributed by atoms with van der Waals surface area (Å²) in [4.78, 5) is 23.1. The Morgan fingerprint density at radius 2 is 2.22 bits per heavy atom. The summed E-state index contributed by atoms with van der Waals surface area (Å²) in [6, 6.07) is 2.74. The molecule has 6 nitrogen and oxygen atoms in total. The van der Waals surface area contributed by atoms with Crippen molar-refractivity contribution in [3.8, 4) is 0 Å². The van der Waals surface area contributed by atoms with E-state index in [4.69, 9.17) is 5.11 Å². The predicted octanol–water partition coefficient (Wildman–Crippen LogP) is 1.19. The molecular formula is C11H13FN2O4. The second-order valence-corrected chi connectivity index (χ2v) is 3.72. The lowest BCUT2D eigenvalue weighted by Gasteiger charge is -2.16. The third-order valence-electron chi connectivity index (χ3n) is 2.38. The normalized spacial score (nSPS) is 10.2. The van der Waals surface area contributed by atoms with Crippen molar-refractivity contribution in [1.82, 2.24) is 4.90 Å². The van der Waals surface area contributed by atoms with Gasteiger partial charge in [-0.15, -0.1) is 0 Å². The lowest BCUT2D eigenvalue weighted by Crippen LogP contribution is -2.28. The number of halogens is 1. The minimum atomic E-state index is -0.730. The zero-order valence-corrected chi connectivity index (χ0v) is 9.80. The number of amides is 1. The van der Waals surface area contributed by atoms with Crippen LogP contribution in [-0.4, -0.2) is 41.0 Å². The van der Waals surface area contributed by atoms with Crippen LogP contribution in [-0.2, 0) is 0 Å². The zero-order valence-electron chi connectivity index (χ0n) is 9.80. The van der Waals surface area contributed by atoms with Crippen LogP contribution in [0.5, 0.6) is 0 Å². The molecule has 98 valence electrons. The Bertz CT molecular complexity index is 464. The molecule has 0 saturated heterocycles. The van der Waals surface area contributed by atoms with E-state index in [9.17, 15) is 19.3 Å². The fourth-order valence-electron chi connectivity index (χ4n) is 1.45. The Labute approximate surface area is 103 Å². The van der Waals surface area contributed by atoms with Gasteiger partial charge in [0.05, 0.1) is 4.92 Å². The number of nitrogens with zero attached hydrogens (tertiary/aromatic N) is 2. The Balaban J connectivity index is 3.03. The number of nitro groups is 1. The van der Waals surface area contributed by atoms with Gasteiger partial charge in [0, 0.05) is 26.3 Å². The maximum atomic E-state index is 13.1. The van der Waals surface area contributed by atoms with Crippen molar-refractivity contribution in [2.45, 2.75) is 6.42 Å². The number of nitro benzene ring substituents is 1. The van der Waals surface area contributed by atoms with Crippen molar-refractivity contribution >= 4 is 11.6 Å². The number of aliphatic hydroxyl groups excluding tert-OH is 1. The monoisotopic (exact) mass is 256 g/mol. The molecule has 0 spiro atoms. The quantitative estimate of drug-likeness (QED) is 0.633. The van der Waals surface area contributed by atoms with Crippen LogP contribution in [0.2, 0.25) is 0 Å². The molecule has 0 unspecified atom stereocenters. The topological polar surface area (TPSA) is 83.7 Å². The van der Waals surface area contributed by atoms with Gasteiger partial charge >= 0.3 is 0 Å². The third-order valence-corrected chi connectivity index (χ3v) is 2.38. The summed E-state index contributed by atoms with van der Waals surface area (Å²) in [5.74, 6) is -1.35. The second-order valence-electron chi connectivity index (χ2n) is 3.72. The van der Waals surface area contributed by atoms with Crippen molar-refractivity contribution in [3.05, 3.63) is 39.7 Å². The second kappa shape index (κ2) is 6.06. The van der Waals surface area contributed by atoms with Crippen LogP contribution >= 0.6 is 0 Å². The van der Waals surface area contributed by atoms with Crippen molar-refractivity contribution in [2.75, 3.05) is 20.2 Å². The number of rotatable bonds is 5. The largest absolute Gasteiger partial charge is 0.396 e. The van der Waals surface area contributed by atoms with Crippen molar-refractivity contribution in [1.29, 1.82) is 0 Å². The highest BCUT2D eigenvalue weighted by atomic mass is 19.1. The van der Waals surface area contributed by atoms with E-state index in [2.05, 4.69) is 0 Å². The average Bonchev–Trinajstić information content (AvgIpc) is 2.34. The van der Waals surface area contributed by atoms with Gasteiger partial charge in [-0.3, -0.25) is 14.9 Å². The van der Waals surface area contributed by atoms with E-state index in [0.29, 0.717) is 6.42 Å². The Morgan fingerprint density at radius 3 is 2.78 bits per heavy atom. The van der Waals surface area contributed by atoms with Gasteiger partial charge in [0.1, 0.15) is 11.4 Å². The van der Waals surface area contributed by atoms with Crippen LogP contribution in [0.3, 0.4) is 0 Å². The van der Waals surface area contributed by atoms with Gasteiger partial charge in [0.2, 0.25) is 0 Å². The summed E-state index contributed by atoms with van der Waals surface area (Å²) in [7, 11) is 1.44. The molecule has 1 rings (SSSR count). The van der Waals surface area contributed by atoms with Gasteiger partial charge < -0.3 is 10.0 Å². The number of carbonyl (C=O) groups excluding carboxylic acids is 1. The lowest BCUT2D eigenvalue weighted by atomic mass is 10.1. The van der Waals surface area contributed by atoms with Crippen molar-refractivity contribution in [3.63, 3.8) is 0 Å². The molecule has 0 radical (unpaired) electrons. The van der Waals surface area contributed by atoms with Crippen LogP contribution in [0.25, 0.3) is 0 Å². The fourth-order valence-corrected chi connectivity index (χ4v) is 1.45. The molecule has 0 atom stereocenters. The molecule has 0 aliphatic heterocycles. The van der Waals surface area contributed by atoms with Crippen molar-refractivity contribution in [2.24, 2.45) is 0 Å². The summed E-state index contributed by atoms with van der Waals surface area (Å²) < 4.78 is 13.1. The fraction of sp³-hybridized carbons (Fsp3) is 0.364. The first-order valence-electron chi connectivity index (χ1n) is 5.27.